The summed E-state index contributed by atoms with van der Waals surface area (Å²) >= 11 is 9.50. The van der Waals surface area contributed by atoms with Crippen LogP contribution in [0.5, 0.6) is 0 Å². The van der Waals surface area contributed by atoms with Crippen LogP contribution in [-0.4, -0.2) is 25.0 Å². The van der Waals surface area contributed by atoms with Gasteiger partial charge < -0.3 is 5.11 Å². The lowest BCUT2D eigenvalue weighted by atomic mass is 9.82. The number of aliphatic hydroxyl groups excluding tert-OH is 1. The summed E-state index contributed by atoms with van der Waals surface area (Å²) in [5.74, 6) is -0.0599. The highest BCUT2D eigenvalue weighted by Gasteiger charge is 2.33. The van der Waals surface area contributed by atoms with E-state index < -0.39 is 15.9 Å². The summed E-state index contributed by atoms with van der Waals surface area (Å²) in [6.07, 6.45) is 3.40. The Morgan fingerprint density at radius 2 is 2.10 bits per heavy atom. The van der Waals surface area contributed by atoms with Gasteiger partial charge in [-0.25, -0.2) is 8.42 Å². The second-order valence-corrected chi connectivity index (χ2v) is 9.14. The molecule has 3 nitrogen and oxygen atoms in total. The van der Waals surface area contributed by atoms with E-state index in [1.807, 2.05) is 6.07 Å². The maximum absolute atomic E-state index is 11.7. The highest BCUT2D eigenvalue weighted by atomic mass is 79.9. The number of rotatable bonds is 3. The van der Waals surface area contributed by atoms with E-state index >= 15 is 0 Å². The molecule has 0 aromatic heterocycles. The van der Waals surface area contributed by atoms with Crippen molar-refractivity contribution in [2.45, 2.75) is 37.0 Å². The third-order valence-electron chi connectivity index (χ3n) is 4.00. The number of benzene rings is 1. The molecule has 1 aromatic rings. The van der Waals surface area contributed by atoms with Crippen molar-refractivity contribution in [3.8, 4) is 0 Å². The Morgan fingerprint density at radius 3 is 2.75 bits per heavy atom. The van der Waals surface area contributed by atoms with E-state index in [2.05, 4.69) is 15.9 Å². The predicted molar refractivity (Wildman–Crippen MR) is 84.7 cm³/mol. The van der Waals surface area contributed by atoms with Gasteiger partial charge in [-0.05, 0) is 43.4 Å². The van der Waals surface area contributed by atoms with Crippen molar-refractivity contribution in [3.63, 3.8) is 0 Å². The molecule has 1 aromatic carbocycles. The lowest BCUT2D eigenvalue weighted by molar-refractivity contribution is 0.0857. The van der Waals surface area contributed by atoms with Gasteiger partial charge in [0, 0.05) is 21.3 Å². The van der Waals surface area contributed by atoms with E-state index in [0.29, 0.717) is 23.4 Å². The minimum Gasteiger partial charge on any atom is -0.388 e. The number of hydrogen-bond donors (Lipinski definition) is 1. The van der Waals surface area contributed by atoms with Crippen molar-refractivity contribution in [2.24, 2.45) is 5.92 Å². The zero-order chi connectivity index (χ0) is 14.9. The Kier molecular flexibility index (Phi) is 5.16. The minimum atomic E-state index is -3.05. The van der Waals surface area contributed by atoms with Gasteiger partial charge in [-0.3, -0.25) is 0 Å². The highest BCUT2D eigenvalue weighted by Crippen LogP contribution is 2.39. The Balaban J connectivity index is 2.20. The van der Waals surface area contributed by atoms with Crippen LogP contribution < -0.4 is 0 Å². The number of hydrogen-bond acceptors (Lipinski definition) is 3. The standard InChI is InChI=1S/C14H18BrClO3S/c1-20(18,19)11-4-2-3-9(7-11)14(17)12-8-10(15)5-6-13(12)16/h5-6,8-9,11,14,17H,2-4,7H2,1H3. The molecule has 1 aliphatic carbocycles. The summed E-state index contributed by atoms with van der Waals surface area (Å²) in [7, 11) is -3.05. The summed E-state index contributed by atoms with van der Waals surface area (Å²) < 4.78 is 24.2. The van der Waals surface area contributed by atoms with Gasteiger partial charge in [0.2, 0.25) is 0 Å². The molecular weight excluding hydrogens is 364 g/mol. The van der Waals surface area contributed by atoms with E-state index in [9.17, 15) is 13.5 Å². The molecule has 0 radical (unpaired) electrons. The molecule has 1 fully saturated rings. The fraction of sp³-hybridized carbons (Fsp3) is 0.571. The Hall–Kier alpha value is -0.100. The highest BCUT2D eigenvalue weighted by molar-refractivity contribution is 9.10. The molecule has 0 aliphatic heterocycles. The van der Waals surface area contributed by atoms with Crippen LogP contribution in [0.3, 0.4) is 0 Å². The minimum absolute atomic E-state index is 0.0599. The van der Waals surface area contributed by atoms with Crippen LogP contribution in [0.1, 0.15) is 37.4 Å². The molecule has 1 saturated carbocycles. The summed E-state index contributed by atoms with van der Waals surface area (Å²) in [6, 6.07) is 5.36. The molecule has 0 heterocycles. The van der Waals surface area contributed by atoms with Crippen LogP contribution in [-0.2, 0) is 9.84 Å². The van der Waals surface area contributed by atoms with Crippen molar-refractivity contribution < 1.29 is 13.5 Å². The Labute approximate surface area is 133 Å². The molecule has 112 valence electrons. The van der Waals surface area contributed by atoms with Crippen molar-refractivity contribution in [1.29, 1.82) is 0 Å². The lowest BCUT2D eigenvalue weighted by Gasteiger charge is -2.31. The third kappa shape index (κ3) is 3.75. The SMILES string of the molecule is CS(=O)(=O)C1CCCC(C(O)c2cc(Br)ccc2Cl)C1. The quantitative estimate of drug-likeness (QED) is 0.867. The van der Waals surface area contributed by atoms with Crippen LogP contribution in [0.4, 0.5) is 0 Å². The van der Waals surface area contributed by atoms with E-state index in [-0.39, 0.29) is 11.2 Å². The molecule has 0 saturated heterocycles. The van der Waals surface area contributed by atoms with Crippen molar-refractivity contribution in [1.82, 2.24) is 0 Å². The number of halogens is 2. The van der Waals surface area contributed by atoms with Gasteiger partial charge in [0.1, 0.15) is 9.84 Å². The maximum atomic E-state index is 11.7. The van der Waals surface area contributed by atoms with E-state index in [1.54, 1.807) is 12.1 Å². The first-order chi connectivity index (χ1) is 9.29. The molecule has 0 amide bonds. The van der Waals surface area contributed by atoms with E-state index in [0.717, 1.165) is 17.3 Å². The first-order valence-electron chi connectivity index (χ1n) is 6.61. The van der Waals surface area contributed by atoms with Crippen LogP contribution >= 0.6 is 27.5 Å². The van der Waals surface area contributed by atoms with Gasteiger partial charge in [-0.15, -0.1) is 0 Å². The van der Waals surface area contributed by atoms with E-state index in [1.165, 1.54) is 6.26 Å². The molecular formula is C14H18BrClO3S. The molecule has 3 atom stereocenters. The molecule has 0 bridgehead atoms. The molecule has 20 heavy (non-hydrogen) atoms. The summed E-state index contributed by atoms with van der Waals surface area (Å²) in [5.41, 5.74) is 0.667. The van der Waals surface area contributed by atoms with Crippen molar-refractivity contribution in [3.05, 3.63) is 33.3 Å². The fourth-order valence-electron chi connectivity index (χ4n) is 2.85. The van der Waals surface area contributed by atoms with Gasteiger partial charge in [-0.1, -0.05) is 34.0 Å². The third-order valence-corrected chi connectivity index (χ3v) is 6.47. The first-order valence-corrected chi connectivity index (χ1v) is 9.73. The average molecular weight is 382 g/mol. The summed E-state index contributed by atoms with van der Waals surface area (Å²) in [4.78, 5) is 0. The molecule has 3 unspecified atom stereocenters. The lowest BCUT2D eigenvalue weighted by Crippen LogP contribution is -2.30. The topological polar surface area (TPSA) is 54.4 Å². The van der Waals surface area contributed by atoms with E-state index in [4.69, 9.17) is 11.6 Å². The first kappa shape index (κ1) is 16.3. The number of sulfone groups is 1. The van der Waals surface area contributed by atoms with Crippen LogP contribution in [0.2, 0.25) is 5.02 Å². The molecule has 1 aliphatic rings. The molecule has 2 rings (SSSR count). The van der Waals surface area contributed by atoms with Crippen molar-refractivity contribution >= 4 is 37.4 Å². The number of aliphatic hydroxyl groups is 1. The van der Waals surface area contributed by atoms with Gasteiger partial charge in [0.05, 0.1) is 11.4 Å². The summed E-state index contributed by atoms with van der Waals surface area (Å²) in [5, 5.41) is 10.7. The zero-order valence-electron chi connectivity index (χ0n) is 11.2. The van der Waals surface area contributed by atoms with Gasteiger partial charge in [0.25, 0.3) is 0 Å². The van der Waals surface area contributed by atoms with Gasteiger partial charge in [-0.2, -0.15) is 0 Å². The fourth-order valence-corrected chi connectivity index (χ4v) is 4.65. The summed E-state index contributed by atoms with van der Waals surface area (Å²) in [6.45, 7) is 0. The molecule has 1 N–H and O–H groups in total. The van der Waals surface area contributed by atoms with Crippen molar-refractivity contribution in [2.75, 3.05) is 6.26 Å². The average Bonchev–Trinajstić information content (AvgIpc) is 2.40. The Bertz CT molecular complexity index is 588. The normalized spacial score (nSPS) is 25.4. The molecule has 6 heteroatoms. The van der Waals surface area contributed by atoms with Gasteiger partial charge in [0.15, 0.2) is 0 Å². The zero-order valence-corrected chi connectivity index (χ0v) is 14.4. The monoisotopic (exact) mass is 380 g/mol. The van der Waals surface area contributed by atoms with Crippen LogP contribution in [0, 0.1) is 5.92 Å². The second-order valence-electron chi connectivity index (χ2n) is 5.49. The maximum Gasteiger partial charge on any atom is 0.150 e. The molecule has 0 spiro atoms. The van der Waals surface area contributed by atoms with Gasteiger partial charge >= 0.3 is 0 Å². The van der Waals surface area contributed by atoms with Crippen LogP contribution in [0.15, 0.2) is 22.7 Å². The Morgan fingerprint density at radius 1 is 1.40 bits per heavy atom. The largest absolute Gasteiger partial charge is 0.388 e. The smallest absolute Gasteiger partial charge is 0.150 e. The van der Waals surface area contributed by atoms with Crippen LogP contribution in [0.25, 0.3) is 0 Å². The second kappa shape index (κ2) is 6.34. The predicted octanol–water partition coefficient (Wildman–Crippen LogP) is 3.74.